The van der Waals surface area contributed by atoms with Gasteiger partial charge in [-0.15, -0.1) is 11.3 Å². The molecule has 2 heterocycles. The number of aryl methyl sites for hydroxylation is 1. The zero-order chi connectivity index (χ0) is 20.9. The minimum atomic E-state index is 0.147. The second-order valence-corrected chi connectivity index (χ2v) is 9.86. The van der Waals surface area contributed by atoms with Crippen LogP contribution < -0.4 is 4.90 Å². The number of halogens is 1. The van der Waals surface area contributed by atoms with Crippen LogP contribution in [0.5, 0.6) is 0 Å². The van der Waals surface area contributed by atoms with E-state index in [1.807, 2.05) is 34.5 Å². The number of hydrogen-bond donors (Lipinski definition) is 0. The lowest BCUT2D eigenvalue weighted by Gasteiger charge is -2.36. The van der Waals surface area contributed by atoms with Gasteiger partial charge >= 0.3 is 0 Å². The van der Waals surface area contributed by atoms with Crippen molar-refractivity contribution in [3.8, 4) is 0 Å². The predicted octanol–water partition coefficient (Wildman–Crippen LogP) is 5.29. The number of para-hydroxylation sites is 1. The Hall–Kier alpha value is -2.02. The van der Waals surface area contributed by atoms with Crippen molar-refractivity contribution >= 4 is 46.3 Å². The Labute approximate surface area is 190 Å². The zero-order valence-corrected chi connectivity index (χ0v) is 19.3. The lowest BCUT2D eigenvalue weighted by Crippen LogP contribution is -2.49. The average Bonchev–Trinajstić information content (AvgIpc) is 3.21. The van der Waals surface area contributed by atoms with Gasteiger partial charge in [0.25, 0.3) is 0 Å². The molecule has 30 heavy (non-hydrogen) atoms. The van der Waals surface area contributed by atoms with Crippen LogP contribution in [0, 0.1) is 6.92 Å². The highest BCUT2D eigenvalue weighted by Crippen LogP contribution is 2.28. The fourth-order valence-electron chi connectivity index (χ4n) is 3.44. The molecule has 1 fully saturated rings. The van der Waals surface area contributed by atoms with Crippen molar-refractivity contribution < 1.29 is 4.79 Å². The van der Waals surface area contributed by atoms with Crippen molar-refractivity contribution in [2.24, 2.45) is 0 Å². The quantitative estimate of drug-likeness (QED) is 0.471. The summed E-state index contributed by atoms with van der Waals surface area (Å²) in [6.45, 7) is 5.11. The number of carbonyl (C=O) groups is 1. The molecule has 1 saturated heterocycles. The maximum Gasteiger partial charge on any atom is 0.228 e. The first-order chi connectivity index (χ1) is 14.6. The lowest BCUT2D eigenvalue weighted by molar-refractivity contribution is -0.130. The molecule has 0 spiro atoms. The van der Waals surface area contributed by atoms with E-state index in [2.05, 4.69) is 41.1 Å². The maximum atomic E-state index is 12.7. The van der Waals surface area contributed by atoms with Gasteiger partial charge in [-0.25, -0.2) is 4.98 Å². The van der Waals surface area contributed by atoms with E-state index in [-0.39, 0.29) is 5.91 Å². The van der Waals surface area contributed by atoms with E-state index in [0.717, 1.165) is 39.6 Å². The standard InChI is InChI=1S/C23H24ClN3OS2/c1-17-6-8-18(9-7-17)15-29-23-25-19(16-30-23)14-22(28)27-12-10-26(11-13-27)21-5-3-2-4-20(21)24/h2-9,16H,10-15H2,1H3. The van der Waals surface area contributed by atoms with Crippen LogP contribution in [0.25, 0.3) is 0 Å². The topological polar surface area (TPSA) is 36.4 Å². The largest absolute Gasteiger partial charge is 0.367 e. The van der Waals surface area contributed by atoms with Crippen LogP contribution in [0.1, 0.15) is 16.8 Å². The van der Waals surface area contributed by atoms with Gasteiger partial charge < -0.3 is 9.80 Å². The number of thiazole rings is 1. The van der Waals surface area contributed by atoms with E-state index in [1.54, 1.807) is 23.1 Å². The maximum absolute atomic E-state index is 12.7. The molecule has 0 radical (unpaired) electrons. The van der Waals surface area contributed by atoms with Crippen LogP contribution >= 0.6 is 34.7 Å². The third kappa shape index (κ3) is 5.36. The molecule has 0 bridgehead atoms. The van der Waals surface area contributed by atoms with Crippen molar-refractivity contribution in [1.29, 1.82) is 0 Å². The fraction of sp³-hybridized carbons (Fsp3) is 0.304. The normalized spacial score (nSPS) is 14.2. The van der Waals surface area contributed by atoms with E-state index >= 15 is 0 Å². The molecule has 4 rings (SSSR count). The van der Waals surface area contributed by atoms with E-state index in [9.17, 15) is 4.79 Å². The predicted molar refractivity (Wildman–Crippen MR) is 127 cm³/mol. The molecule has 0 aliphatic carbocycles. The first kappa shape index (κ1) is 21.2. The Balaban J connectivity index is 1.26. The average molecular weight is 458 g/mol. The number of carbonyl (C=O) groups excluding carboxylic acids is 1. The van der Waals surface area contributed by atoms with Crippen LogP contribution in [0.4, 0.5) is 5.69 Å². The molecule has 0 unspecified atom stereocenters. The second-order valence-electron chi connectivity index (χ2n) is 7.38. The summed E-state index contributed by atoms with van der Waals surface area (Å²) in [5.74, 6) is 1.04. The van der Waals surface area contributed by atoms with Crippen LogP contribution in [-0.2, 0) is 17.0 Å². The van der Waals surface area contributed by atoms with Gasteiger partial charge in [0.05, 0.1) is 22.8 Å². The number of piperazine rings is 1. The van der Waals surface area contributed by atoms with Crippen LogP contribution in [0.2, 0.25) is 5.02 Å². The summed E-state index contributed by atoms with van der Waals surface area (Å²) in [4.78, 5) is 21.6. The number of hydrogen-bond acceptors (Lipinski definition) is 5. The number of amides is 1. The summed E-state index contributed by atoms with van der Waals surface area (Å²) in [5, 5.41) is 2.77. The minimum absolute atomic E-state index is 0.147. The van der Waals surface area contributed by atoms with Crippen molar-refractivity contribution in [3.05, 3.63) is 75.8 Å². The molecule has 2 aromatic carbocycles. The van der Waals surface area contributed by atoms with E-state index < -0.39 is 0 Å². The SMILES string of the molecule is Cc1ccc(CSc2nc(CC(=O)N3CCN(c4ccccc4Cl)CC3)cs2)cc1. The van der Waals surface area contributed by atoms with Gasteiger partial charge in [-0.05, 0) is 24.6 Å². The highest BCUT2D eigenvalue weighted by atomic mass is 35.5. The van der Waals surface area contributed by atoms with Gasteiger partial charge in [0.15, 0.2) is 0 Å². The number of thioether (sulfide) groups is 1. The molecular formula is C23H24ClN3OS2. The van der Waals surface area contributed by atoms with Crippen molar-refractivity contribution in [2.45, 2.75) is 23.4 Å². The number of anilines is 1. The fourth-order valence-corrected chi connectivity index (χ4v) is 5.49. The third-order valence-electron chi connectivity index (χ3n) is 5.17. The van der Waals surface area contributed by atoms with Crippen LogP contribution in [0.3, 0.4) is 0 Å². The van der Waals surface area contributed by atoms with E-state index in [1.165, 1.54) is 11.1 Å². The summed E-state index contributed by atoms with van der Waals surface area (Å²) in [5.41, 5.74) is 4.47. The monoisotopic (exact) mass is 457 g/mol. The van der Waals surface area contributed by atoms with Crippen LogP contribution in [0.15, 0.2) is 58.3 Å². The van der Waals surface area contributed by atoms with Gasteiger partial charge in [-0.2, -0.15) is 0 Å². The Morgan fingerprint density at radius 2 is 1.83 bits per heavy atom. The second kappa shape index (κ2) is 9.86. The number of aromatic nitrogens is 1. The summed E-state index contributed by atoms with van der Waals surface area (Å²) in [6.07, 6.45) is 0.369. The minimum Gasteiger partial charge on any atom is -0.367 e. The van der Waals surface area contributed by atoms with Crippen LogP contribution in [-0.4, -0.2) is 42.0 Å². The van der Waals surface area contributed by atoms with E-state index in [0.29, 0.717) is 19.5 Å². The first-order valence-corrected chi connectivity index (χ1v) is 12.2. The molecule has 3 aromatic rings. The molecule has 1 aliphatic rings. The van der Waals surface area contributed by atoms with Gasteiger partial charge in [0.1, 0.15) is 4.34 Å². The summed E-state index contributed by atoms with van der Waals surface area (Å²) >= 11 is 9.65. The van der Waals surface area contributed by atoms with Crippen molar-refractivity contribution in [3.63, 3.8) is 0 Å². The van der Waals surface area contributed by atoms with E-state index in [4.69, 9.17) is 11.6 Å². The van der Waals surface area contributed by atoms with Gasteiger partial charge in [0.2, 0.25) is 5.91 Å². The molecule has 1 aromatic heterocycles. The molecule has 1 amide bonds. The molecule has 0 saturated carbocycles. The lowest BCUT2D eigenvalue weighted by atomic mass is 10.2. The smallest absolute Gasteiger partial charge is 0.228 e. The van der Waals surface area contributed by atoms with Gasteiger partial charge in [-0.3, -0.25) is 4.79 Å². The first-order valence-electron chi connectivity index (χ1n) is 9.98. The van der Waals surface area contributed by atoms with Gasteiger partial charge in [0, 0.05) is 37.3 Å². The van der Waals surface area contributed by atoms with Crippen molar-refractivity contribution in [1.82, 2.24) is 9.88 Å². The summed E-state index contributed by atoms with van der Waals surface area (Å²) in [6, 6.07) is 16.4. The Bertz CT molecular complexity index is 998. The molecule has 0 atom stereocenters. The summed E-state index contributed by atoms with van der Waals surface area (Å²) in [7, 11) is 0. The Kier molecular flexibility index (Phi) is 6.97. The highest BCUT2D eigenvalue weighted by Gasteiger charge is 2.23. The molecule has 1 aliphatic heterocycles. The Morgan fingerprint density at radius 1 is 1.10 bits per heavy atom. The highest BCUT2D eigenvalue weighted by molar-refractivity contribution is 8.00. The molecule has 0 N–H and O–H groups in total. The number of nitrogens with zero attached hydrogens (tertiary/aromatic N) is 3. The van der Waals surface area contributed by atoms with Gasteiger partial charge in [-0.1, -0.05) is 65.3 Å². The third-order valence-corrected chi connectivity index (χ3v) is 7.63. The molecule has 156 valence electrons. The Morgan fingerprint density at radius 3 is 2.57 bits per heavy atom. The number of benzene rings is 2. The number of rotatable bonds is 6. The molecular weight excluding hydrogens is 434 g/mol. The van der Waals surface area contributed by atoms with Crippen molar-refractivity contribution in [2.75, 3.05) is 31.1 Å². The zero-order valence-electron chi connectivity index (χ0n) is 16.9. The molecule has 7 heteroatoms. The molecule has 4 nitrogen and oxygen atoms in total. The summed E-state index contributed by atoms with van der Waals surface area (Å²) < 4.78 is 1.02.